The van der Waals surface area contributed by atoms with Gasteiger partial charge in [0.2, 0.25) is 17.7 Å². The Kier molecular flexibility index (Phi) is 17.0. The highest BCUT2D eigenvalue weighted by atomic mass is 16.6. The van der Waals surface area contributed by atoms with Crippen LogP contribution in [0.25, 0.3) is 0 Å². The minimum atomic E-state index is -1.07. The van der Waals surface area contributed by atoms with Crippen molar-refractivity contribution in [2.75, 3.05) is 78.0 Å². The van der Waals surface area contributed by atoms with E-state index in [0.717, 1.165) is 23.3 Å². The molecule has 2 heterocycles. The van der Waals surface area contributed by atoms with Crippen LogP contribution >= 0.6 is 0 Å². The number of hydrogen-bond donors (Lipinski definition) is 2. The van der Waals surface area contributed by atoms with Gasteiger partial charge in [0.05, 0.1) is 89.5 Å². The Bertz CT molecular complexity index is 1400. The molecule has 2 aliphatic heterocycles. The number of anilines is 1. The molecule has 1 unspecified atom stereocenters. The second-order valence-electron chi connectivity index (χ2n) is 11.6. The standard InChI is InChI=1S/C36H47N3O11/c40-31(37-29-11-7-10-28-33(29)36(44)39(35(28)43)30-13-14-32(41)38-34(30)42)12-5-2-6-15-45-16-17-46-18-19-47-20-21-48-22-23-49-24-25-50-26-27-8-3-1-4-9-27/h1,3-4,7-11,30H,2,5-6,12-26H2,(H,37,40)(H,38,41,42). The van der Waals surface area contributed by atoms with Crippen LogP contribution in [0.5, 0.6) is 0 Å². The molecule has 2 aliphatic rings. The fraction of sp³-hybridized carbons (Fsp3) is 0.528. The number of unbranched alkanes of at least 4 members (excludes halogenated alkanes) is 2. The van der Waals surface area contributed by atoms with E-state index in [1.54, 1.807) is 12.1 Å². The number of nitrogens with zero attached hydrogens (tertiary/aromatic N) is 1. The Morgan fingerprint density at radius 3 is 1.90 bits per heavy atom. The second-order valence-corrected chi connectivity index (χ2v) is 11.6. The lowest BCUT2D eigenvalue weighted by molar-refractivity contribution is -0.136. The molecular formula is C36H47N3O11. The molecule has 0 spiro atoms. The van der Waals surface area contributed by atoms with Gasteiger partial charge in [-0.15, -0.1) is 0 Å². The van der Waals surface area contributed by atoms with Crippen molar-refractivity contribution in [2.45, 2.75) is 51.2 Å². The first-order valence-corrected chi connectivity index (χ1v) is 17.1. The van der Waals surface area contributed by atoms with Crippen molar-refractivity contribution in [3.8, 4) is 0 Å². The van der Waals surface area contributed by atoms with Crippen molar-refractivity contribution in [1.29, 1.82) is 0 Å². The Morgan fingerprint density at radius 2 is 1.28 bits per heavy atom. The van der Waals surface area contributed by atoms with Crippen LogP contribution in [0.2, 0.25) is 0 Å². The lowest BCUT2D eigenvalue weighted by Gasteiger charge is -2.27. The number of nitrogens with one attached hydrogen (secondary N) is 2. The van der Waals surface area contributed by atoms with Gasteiger partial charge < -0.3 is 33.7 Å². The van der Waals surface area contributed by atoms with Gasteiger partial charge in [-0.2, -0.15) is 0 Å². The van der Waals surface area contributed by atoms with Gasteiger partial charge in [-0.25, -0.2) is 0 Å². The predicted molar refractivity (Wildman–Crippen MR) is 180 cm³/mol. The van der Waals surface area contributed by atoms with Crippen LogP contribution in [-0.4, -0.2) is 113 Å². The lowest BCUT2D eigenvalue weighted by atomic mass is 10.0. The van der Waals surface area contributed by atoms with Crippen molar-refractivity contribution in [1.82, 2.24) is 10.2 Å². The van der Waals surface area contributed by atoms with E-state index in [9.17, 15) is 24.0 Å². The molecule has 1 fully saturated rings. The molecule has 0 radical (unpaired) electrons. The third kappa shape index (κ3) is 12.7. The maximum Gasteiger partial charge on any atom is 0.264 e. The zero-order valence-electron chi connectivity index (χ0n) is 28.4. The molecule has 0 bridgehead atoms. The van der Waals surface area contributed by atoms with Crippen molar-refractivity contribution in [3.05, 3.63) is 65.2 Å². The van der Waals surface area contributed by atoms with E-state index < -0.39 is 29.7 Å². The number of ether oxygens (including phenoxy) is 6. The minimum absolute atomic E-state index is 0.0325. The molecule has 2 aromatic carbocycles. The normalized spacial score (nSPS) is 15.8. The van der Waals surface area contributed by atoms with Gasteiger partial charge in [-0.1, -0.05) is 42.8 Å². The maximum absolute atomic E-state index is 13.2. The van der Waals surface area contributed by atoms with Crippen LogP contribution < -0.4 is 10.6 Å². The number of amides is 5. The number of piperidine rings is 1. The Labute approximate surface area is 292 Å². The molecule has 5 amide bonds. The molecule has 14 heteroatoms. The van der Waals surface area contributed by atoms with E-state index in [1.165, 1.54) is 6.07 Å². The number of carbonyl (C=O) groups is 5. The smallest absolute Gasteiger partial charge is 0.264 e. The number of hydrogen-bond acceptors (Lipinski definition) is 11. The van der Waals surface area contributed by atoms with E-state index in [-0.39, 0.29) is 42.0 Å². The second kappa shape index (κ2) is 21.9. The molecule has 0 aromatic heterocycles. The third-order valence-electron chi connectivity index (χ3n) is 7.91. The summed E-state index contributed by atoms with van der Waals surface area (Å²) in [5.41, 5.74) is 1.54. The quantitative estimate of drug-likeness (QED) is 0.116. The van der Waals surface area contributed by atoms with Crippen molar-refractivity contribution < 1.29 is 52.4 Å². The Hall–Kier alpha value is -4.05. The van der Waals surface area contributed by atoms with Crippen LogP contribution in [0.1, 0.15) is 64.8 Å². The van der Waals surface area contributed by atoms with Crippen LogP contribution in [0.15, 0.2) is 48.5 Å². The summed E-state index contributed by atoms with van der Waals surface area (Å²) in [4.78, 5) is 63.4. The van der Waals surface area contributed by atoms with Crippen molar-refractivity contribution in [2.24, 2.45) is 0 Å². The molecule has 0 aliphatic carbocycles. The highest BCUT2D eigenvalue weighted by molar-refractivity contribution is 6.26. The summed E-state index contributed by atoms with van der Waals surface area (Å²) >= 11 is 0. The van der Waals surface area contributed by atoms with E-state index in [1.807, 2.05) is 30.3 Å². The van der Waals surface area contributed by atoms with Gasteiger partial charge in [0.25, 0.3) is 11.8 Å². The highest BCUT2D eigenvalue weighted by Crippen LogP contribution is 2.32. The molecule has 14 nitrogen and oxygen atoms in total. The molecule has 272 valence electrons. The zero-order chi connectivity index (χ0) is 35.4. The molecule has 1 saturated heterocycles. The van der Waals surface area contributed by atoms with E-state index in [2.05, 4.69) is 10.6 Å². The van der Waals surface area contributed by atoms with Gasteiger partial charge >= 0.3 is 0 Å². The minimum Gasteiger partial charge on any atom is -0.379 e. The topological polar surface area (TPSA) is 168 Å². The highest BCUT2D eigenvalue weighted by Gasteiger charge is 2.45. The average molecular weight is 698 g/mol. The van der Waals surface area contributed by atoms with Crippen molar-refractivity contribution in [3.63, 3.8) is 0 Å². The first kappa shape index (κ1) is 38.7. The molecular weight excluding hydrogens is 650 g/mol. The number of rotatable bonds is 25. The molecule has 4 rings (SSSR count). The van der Waals surface area contributed by atoms with Crippen LogP contribution in [-0.2, 0) is 49.4 Å². The molecule has 2 N–H and O–H groups in total. The van der Waals surface area contributed by atoms with Crippen LogP contribution in [0.4, 0.5) is 5.69 Å². The molecule has 0 saturated carbocycles. The fourth-order valence-electron chi connectivity index (χ4n) is 5.36. The van der Waals surface area contributed by atoms with Gasteiger partial charge in [0.1, 0.15) is 6.04 Å². The van der Waals surface area contributed by atoms with Crippen LogP contribution in [0, 0.1) is 0 Å². The zero-order valence-corrected chi connectivity index (χ0v) is 28.4. The summed E-state index contributed by atoms with van der Waals surface area (Å²) < 4.78 is 33.1. The number of carbonyl (C=O) groups excluding carboxylic acids is 5. The lowest BCUT2D eigenvalue weighted by Crippen LogP contribution is -2.54. The Morgan fingerprint density at radius 1 is 0.680 bits per heavy atom. The first-order chi connectivity index (χ1) is 24.5. The number of benzene rings is 2. The summed E-state index contributed by atoms with van der Waals surface area (Å²) in [6.45, 7) is 6.00. The van der Waals surface area contributed by atoms with Crippen LogP contribution in [0.3, 0.4) is 0 Å². The number of fused-ring (bicyclic) bond motifs is 1. The first-order valence-electron chi connectivity index (χ1n) is 17.1. The van der Waals surface area contributed by atoms with E-state index in [0.29, 0.717) is 85.7 Å². The fourth-order valence-corrected chi connectivity index (χ4v) is 5.36. The summed E-state index contributed by atoms with van der Waals surface area (Å²) in [6, 6.07) is 13.5. The monoisotopic (exact) mass is 697 g/mol. The average Bonchev–Trinajstić information content (AvgIpc) is 3.37. The third-order valence-corrected chi connectivity index (χ3v) is 7.91. The molecule has 1 atom stereocenters. The van der Waals surface area contributed by atoms with Gasteiger partial charge in [0, 0.05) is 19.4 Å². The SMILES string of the molecule is O=C1CCC(N2C(=O)c3cccc(NC(=O)CCCCCOCCOCCOCCOCCOCCOCc4ccccc4)c3C2=O)C(=O)N1. The largest absolute Gasteiger partial charge is 0.379 e. The summed E-state index contributed by atoms with van der Waals surface area (Å²) in [5.74, 6) is -2.69. The molecule has 50 heavy (non-hydrogen) atoms. The van der Waals surface area contributed by atoms with Crippen molar-refractivity contribution >= 4 is 35.2 Å². The predicted octanol–water partition coefficient (Wildman–Crippen LogP) is 2.89. The number of imide groups is 2. The van der Waals surface area contributed by atoms with E-state index >= 15 is 0 Å². The van der Waals surface area contributed by atoms with Gasteiger partial charge in [0.15, 0.2) is 0 Å². The summed E-state index contributed by atoms with van der Waals surface area (Å²) in [7, 11) is 0. The Balaban J connectivity index is 0.925. The summed E-state index contributed by atoms with van der Waals surface area (Å²) in [5, 5.41) is 4.90. The maximum atomic E-state index is 13.2. The van der Waals surface area contributed by atoms with Gasteiger partial charge in [-0.05, 0) is 37.0 Å². The summed E-state index contributed by atoms with van der Waals surface area (Å²) in [6.07, 6.45) is 2.49. The van der Waals surface area contributed by atoms with E-state index in [4.69, 9.17) is 28.4 Å². The molecule has 2 aromatic rings. The van der Waals surface area contributed by atoms with Gasteiger partial charge in [-0.3, -0.25) is 34.2 Å².